The SMILES string of the molecule is CC1(C(F)(F)F)C=CC(=Nc2ncc(CNC(=O)c3cc4c(cn3)N=CCC(C3CCNC3)C4)s2)CC1. The van der Waals surface area contributed by atoms with Crippen molar-refractivity contribution in [1.29, 1.82) is 0 Å². The van der Waals surface area contributed by atoms with Crippen molar-refractivity contribution in [3.05, 3.63) is 46.7 Å². The zero-order valence-electron chi connectivity index (χ0n) is 20.5. The third kappa shape index (κ3) is 5.82. The quantitative estimate of drug-likeness (QED) is 0.547. The molecule has 5 rings (SSSR count). The number of aliphatic imine (C=N–C) groups is 2. The molecule has 2 aromatic heterocycles. The van der Waals surface area contributed by atoms with Crippen molar-refractivity contribution in [3.8, 4) is 0 Å². The molecule has 1 aliphatic carbocycles. The molecule has 0 bridgehead atoms. The Morgan fingerprint density at radius 1 is 1.30 bits per heavy atom. The Balaban J connectivity index is 1.20. The second-order valence-corrected chi connectivity index (χ2v) is 11.2. The molecule has 196 valence electrons. The van der Waals surface area contributed by atoms with Crippen LogP contribution in [0, 0.1) is 17.3 Å². The summed E-state index contributed by atoms with van der Waals surface area (Å²) in [5.41, 5.74) is 0.960. The Kier molecular flexibility index (Phi) is 7.26. The van der Waals surface area contributed by atoms with E-state index in [1.54, 1.807) is 12.4 Å². The monoisotopic (exact) mass is 530 g/mol. The average molecular weight is 531 g/mol. The Bertz CT molecular complexity index is 1250. The molecule has 1 amide bonds. The first-order valence-electron chi connectivity index (χ1n) is 12.5. The number of pyridine rings is 1. The third-order valence-electron chi connectivity index (χ3n) is 7.48. The number of hydrogen-bond donors (Lipinski definition) is 2. The number of fused-ring (bicyclic) bond motifs is 1. The summed E-state index contributed by atoms with van der Waals surface area (Å²) in [4.78, 5) is 31.1. The van der Waals surface area contributed by atoms with Gasteiger partial charge in [0.1, 0.15) is 5.69 Å². The lowest BCUT2D eigenvalue weighted by atomic mass is 9.79. The Morgan fingerprint density at radius 2 is 2.16 bits per heavy atom. The molecule has 0 aromatic carbocycles. The normalized spacial score (nSPS) is 26.8. The average Bonchev–Trinajstić information content (AvgIpc) is 3.52. The number of amides is 1. The summed E-state index contributed by atoms with van der Waals surface area (Å²) in [6, 6.07) is 1.84. The molecule has 2 aromatic rings. The fourth-order valence-electron chi connectivity index (χ4n) is 4.96. The molecule has 0 saturated carbocycles. The standard InChI is InChI=1S/C26H29F3N6OS/c1-25(26(27,28)29)6-2-19(3-7-25)35-24-34-14-20(37-24)13-33-23(36)21-11-18-10-16(17-4-8-30-12-17)5-9-31-22(18)15-32-21/h2,6,9,11,14-17,30H,3-5,7-8,10,12-13H2,1H3,(H,33,36). The molecule has 1 fully saturated rings. The van der Waals surface area contributed by atoms with Crippen molar-refractivity contribution in [1.82, 2.24) is 20.6 Å². The van der Waals surface area contributed by atoms with Crippen LogP contribution in [0.4, 0.5) is 24.0 Å². The fourth-order valence-corrected chi connectivity index (χ4v) is 5.71. The van der Waals surface area contributed by atoms with Gasteiger partial charge < -0.3 is 10.6 Å². The molecular formula is C26H29F3N6OS. The Hall–Kier alpha value is -2.92. The first-order valence-corrected chi connectivity index (χ1v) is 13.3. The maximum atomic E-state index is 13.2. The van der Waals surface area contributed by atoms with Crippen LogP contribution in [-0.2, 0) is 13.0 Å². The highest BCUT2D eigenvalue weighted by Gasteiger charge is 2.49. The number of halogens is 3. The first-order chi connectivity index (χ1) is 17.7. The number of thiazole rings is 1. The van der Waals surface area contributed by atoms with Gasteiger partial charge >= 0.3 is 6.18 Å². The van der Waals surface area contributed by atoms with Crippen LogP contribution >= 0.6 is 11.3 Å². The lowest BCUT2D eigenvalue weighted by Crippen LogP contribution is -2.35. The maximum Gasteiger partial charge on any atom is 0.397 e. The van der Waals surface area contributed by atoms with E-state index >= 15 is 0 Å². The van der Waals surface area contributed by atoms with Gasteiger partial charge in [-0.05, 0) is 81.7 Å². The molecule has 3 aliphatic rings. The van der Waals surface area contributed by atoms with Crippen molar-refractivity contribution in [3.63, 3.8) is 0 Å². The molecule has 7 nitrogen and oxygen atoms in total. The lowest BCUT2D eigenvalue weighted by molar-refractivity contribution is -0.201. The van der Waals surface area contributed by atoms with Gasteiger partial charge in [-0.25, -0.2) is 15.0 Å². The molecule has 3 atom stereocenters. The van der Waals surface area contributed by atoms with E-state index in [-0.39, 0.29) is 25.3 Å². The van der Waals surface area contributed by atoms with Crippen LogP contribution in [0.15, 0.2) is 40.6 Å². The van der Waals surface area contributed by atoms with Gasteiger partial charge in [-0.2, -0.15) is 13.2 Å². The summed E-state index contributed by atoms with van der Waals surface area (Å²) in [6.07, 6.45) is 6.73. The molecule has 0 radical (unpaired) electrons. The van der Waals surface area contributed by atoms with Gasteiger partial charge in [0.05, 0.1) is 23.8 Å². The van der Waals surface area contributed by atoms with Crippen LogP contribution in [0.3, 0.4) is 0 Å². The molecule has 1 saturated heterocycles. The summed E-state index contributed by atoms with van der Waals surface area (Å²) in [5.74, 6) is 0.833. The highest BCUT2D eigenvalue weighted by Crippen LogP contribution is 2.45. The minimum Gasteiger partial charge on any atom is -0.346 e. The van der Waals surface area contributed by atoms with E-state index in [1.807, 2.05) is 12.3 Å². The van der Waals surface area contributed by atoms with Crippen molar-refractivity contribution in [2.75, 3.05) is 13.1 Å². The van der Waals surface area contributed by atoms with E-state index < -0.39 is 11.6 Å². The molecule has 11 heteroatoms. The summed E-state index contributed by atoms with van der Waals surface area (Å²) in [6.45, 7) is 3.53. The zero-order chi connectivity index (χ0) is 26.0. The number of hydrogen-bond acceptors (Lipinski definition) is 7. The number of carbonyl (C=O) groups excluding carboxylic acids is 1. The molecule has 2 N–H and O–H groups in total. The highest BCUT2D eigenvalue weighted by molar-refractivity contribution is 7.15. The molecule has 4 heterocycles. The number of allylic oxidation sites excluding steroid dienone is 2. The van der Waals surface area contributed by atoms with Gasteiger partial charge in [-0.3, -0.25) is 9.79 Å². The molecule has 0 spiro atoms. The lowest BCUT2D eigenvalue weighted by Gasteiger charge is -2.31. The van der Waals surface area contributed by atoms with Gasteiger partial charge in [0.25, 0.3) is 5.91 Å². The first kappa shape index (κ1) is 25.7. The predicted octanol–water partition coefficient (Wildman–Crippen LogP) is 5.33. The van der Waals surface area contributed by atoms with Crippen LogP contribution in [0.2, 0.25) is 0 Å². The topological polar surface area (TPSA) is 91.6 Å². The predicted molar refractivity (Wildman–Crippen MR) is 138 cm³/mol. The van der Waals surface area contributed by atoms with Crippen LogP contribution in [0.5, 0.6) is 0 Å². The summed E-state index contributed by atoms with van der Waals surface area (Å²) < 4.78 is 39.6. The highest BCUT2D eigenvalue weighted by atomic mass is 32.1. The van der Waals surface area contributed by atoms with E-state index in [9.17, 15) is 18.0 Å². The van der Waals surface area contributed by atoms with E-state index in [0.717, 1.165) is 48.5 Å². The Labute approximate surface area is 217 Å². The van der Waals surface area contributed by atoms with Crippen LogP contribution < -0.4 is 10.6 Å². The van der Waals surface area contributed by atoms with Crippen molar-refractivity contribution >= 4 is 40.0 Å². The number of rotatable bonds is 5. The summed E-state index contributed by atoms with van der Waals surface area (Å²) in [5, 5.41) is 6.76. The molecular weight excluding hydrogens is 501 g/mol. The van der Waals surface area contributed by atoms with Gasteiger partial charge in [0, 0.05) is 23.0 Å². The number of aromatic nitrogens is 2. The largest absolute Gasteiger partial charge is 0.397 e. The minimum absolute atomic E-state index is 0.0441. The smallest absolute Gasteiger partial charge is 0.346 e. The zero-order valence-corrected chi connectivity index (χ0v) is 21.3. The Morgan fingerprint density at radius 3 is 2.89 bits per heavy atom. The van der Waals surface area contributed by atoms with E-state index in [1.165, 1.54) is 30.4 Å². The van der Waals surface area contributed by atoms with E-state index in [0.29, 0.717) is 28.4 Å². The van der Waals surface area contributed by atoms with Crippen molar-refractivity contribution in [2.45, 2.75) is 51.7 Å². The van der Waals surface area contributed by atoms with Gasteiger partial charge in [0.2, 0.25) is 5.13 Å². The second kappa shape index (κ2) is 10.4. The van der Waals surface area contributed by atoms with Crippen molar-refractivity contribution in [2.24, 2.45) is 27.2 Å². The molecule has 2 aliphatic heterocycles. The van der Waals surface area contributed by atoms with Gasteiger partial charge in [-0.1, -0.05) is 17.4 Å². The van der Waals surface area contributed by atoms with Gasteiger partial charge in [0.15, 0.2) is 0 Å². The second-order valence-electron chi connectivity index (χ2n) is 10.1. The van der Waals surface area contributed by atoms with Crippen LogP contribution in [0.1, 0.15) is 53.5 Å². The maximum absolute atomic E-state index is 13.2. The minimum atomic E-state index is -4.28. The number of carbonyl (C=O) groups is 1. The number of nitrogens with one attached hydrogen (secondary N) is 2. The molecule has 37 heavy (non-hydrogen) atoms. The van der Waals surface area contributed by atoms with Crippen LogP contribution in [0.25, 0.3) is 0 Å². The molecule has 3 unspecified atom stereocenters. The van der Waals surface area contributed by atoms with E-state index in [4.69, 9.17) is 0 Å². The van der Waals surface area contributed by atoms with Gasteiger partial charge in [-0.15, -0.1) is 0 Å². The van der Waals surface area contributed by atoms with E-state index in [2.05, 4.69) is 30.6 Å². The number of nitrogens with zero attached hydrogens (tertiary/aromatic N) is 4. The van der Waals surface area contributed by atoms with Crippen molar-refractivity contribution < 1.29 is 18.0 Å². The summed E-state index contributed by atoms with van der Waals surface area (Å²) in [7, 11) is 0. The third-order valence-corrected chi connectivity index (χ3v) is 8.37. The van der Waals surface area contributed by atoms with Crippen LogP contribution in [-0.4, -0.2) is 47.1 Å². The number of alkyl halides is 3. The summed E-state index contributed by atoms with van der Waals surface area (Å²) >= 11 is 1.29. The fraction of sp³-hybridized carbons (Fsp3) is 0.500.